The maximum atomic E-state index is 12.3. The molecule has 2 amide bonds. The van der Waals surface area contributed by atoms with E-state index in [-0.39, 0.29) is 30.9 Å². The van der Waals surface area contributed by atoms with E-state index < -0.39 is 0 Å². The number of nitrogens with zero attached hydrogens (tertiary/aromatic N) is 4. The van der Waals surface area contributed by atoms with Crippen LogP contribution in [0.4, 0.5) is 11.6 Å². The zero-order valence-electron chi connectivity index (χ0n) is 15.9. The van der Waals surface area contributed by atoms with Crippen molar-refractivity contribution in [3.63, 3.8) is 0 Å². The van der Waals surface area contributed by atoms with E-state index in [1.54, 1.807) is 24.3 Å². The van der Waals surface area contributed by atoms with E-state index in [4.69, 9.17) is 23.2 Å². The number of hydrogen-bond acceptors (Lipinski definition) is 6. The van der Waals surface area contributed by atoms with Gasteiger partial charge >= 0.3 is 0 Å². The molecule has 1 fully saturated rings. The van der Waals surface area contributed by atoms with Crippen molar-refractivity contribution in [2.45, 2.75) is 13.0 Å². The third-order valence-corrected chi connectivity index (χ3v) is 5.00. The number of halogens is 2. The van der Waals surface area contributed by atoms with Gasteiger partial charge in [-0.2, -0.15) is 0 Å². The second-order valence-corrected chi connectivity index (χ2v) is 7.75. The Labute approximate surface area is 179 Å². The molecule has 2 N–H and O–H groups in total. The monoisotopic (exact) mass is 436 g/mol. The Morgan fingerprint density at radius 3 is 2.00 bits per heavy atom. The number of aromatic nitrogens is 2. The van der Waals surface area contributed by atoms with Crippen LogP contribution in [0.1, 0.15) is 6.92 Å². The molecule has 0 bridgehead atoms. The maximum Gasteiger partial charge on any atom is 0.239 e. The number of amides is 2. The van der Waals surface area contributed by atoms with Crippen molar-refractivity contribution in [3.05, 3.63) is 46.7 Å². The van der Waals surface area contributed by atoms with Crippen molar-refractivity contribution in [2.24, 2.45) is 0 Å². The van der Waals surface area contributed by atoms with Crippen molar-refractivity contribution >= 4 is 46.7 Å². The first-order chi connectivity index (χ1) is 13.9. The van der Waals surface area contributed by atoms with Gasteiger partial charge in [0.2, 0.25) is 11.8 Å². The topological polar surface area (TPSA) is 90.5 Å². The SMILES string of the molecule is CC1CN(CC(=O)Nc2ccc(Cl)cn2)CCN1CC(=O)Nc1ccc(Cl)cn1. The summed E-state index contributed by atoms with van der Waals surface area (Å²) in [5.74, 6) is 0.676. The normalized spacial score (nSPS) is 17.7. The highest BCUT2D eigenvalue weighted by Crippen LogP contribution is 2.13. The molecule has 10 heteroatoms. The minimum Gasteiger partial charge on any atom is -0.310 e. The van der Waals surface area contributed by atoms with Crippen molar-refractivity contribution in [1.29, 1.82) is 0 Å². The Morgan fingerprint density at radius 1 is 0.966 bits per heavy atom. The summed E-state index contributed by atoms with van der Waals surface area (Å²) in [4.78, 5) is 36.8. The minimum atomic E-state index is -0.133. The molecule has 3 heterocycles. The first-order valence-corrected chi connectivity index (χ1v) is 9.94. The third kappa shape index (κ3) is 6.64. The third-order valence-electron chi connectivity index (χ3n) is 4.55. The maximum absolute atomic E-state index is 12.3. The highest BCUT2D eigenvalue weighted by Gasteiger charge is 2.26. The lowest BCUT2D eigenvalue weighted by molar-refractivity contribution is -0.120. The molecule has 0 radical (unpaired) electrons. The lowest BCUT2D eigenvalue weighted by atomic mass is 10.2. The lowest BCUT2D eigenvalue weighted by Crippen LogP contribution is -2.55. The van der Waals surface area contributed by atoms with Gasteiger partial charge in [0.1, 0.15) is 11.6 Å². The number of rotatable bonds is 6. The molecule has 154 valence electrons. The number of piperazine rings is 1. The molecule has 0 saturated carbocycles. The number of nitrogens with one attached hydrogen (secondary N) is 2. The van der Waals surface area contributed by atoms with Gasteiger partial charge in [0.05, 0.1) is 23.1 Å². The van der Waals surface area contributed by atoms with Gasteiger partial charge in [0.15, 0.2) is 0 Å². The number of hydrogen-bond donors (Lipinski definition) is 2. The number of pyridine rings is 2. The predicted molar refractivity (Wildman–Crippen MR) is 113 cm³/mol. The second kappa shape index (κ2) is 9.98. The molecule has 1 unspecified atom stereocenters. The average Bonchev–Trinajstić information content (AvgIpc) is 2.67. The standard InChI is InChI=1S/C19H22Cl2N6O2/c1-13-10-26(11-18(28)24-16-4-2-14(20)8-22-16)6-7-27(13)12-19(29)25-17-5-3-15(21)9-23-17/h2-5,8-9,13H,6-7,10-12H2,1H3,(H,22,24,28)(H,23,25,29). The molecule has 3 rings (SSSR count). The minimum absolute atomic E-state index is 0.132. The molecule has 0 aliphatic carbocycles. The highest BCUT2D eigenvalue weighted by atomic mass is 35.5. The van der Waals surface area contributed by atoms with Crippen LogP contribution in [0, 0.1) is 0 Å². The van der Waals surface area contributed by atoms with E-state index >= 15 is 0 Å². The second-order valence-electron chi connectivity index (χ2n) is 6.87. The van der Waals surface area contributed by atoms with Gasteiger partial charge in [0.25, 0.3) is 0 Å². The van der Waals surface area contributed by atoms with Gasteiger partial charge in [-0.1, -0.05) is 23.2 Å². The fourth-order valence-corrected chi connectivity index (χ4v) is 3.32. The molecular weight excluding hydrogens is 415 g/mol. The fourth-order valence-electron chi connectivity index (χ4n) is 3.10. The van der Waals surface area contributed by atoms with Gasteiger partial charge in [-0.25, -0.2) is 9.97 Å². The van der Waals surface area contributed by atoms with Crippen LogP contribution in [0.2, 0.25) is 10.0 Å². The molecule has 0 aromatic carbocycles. The summed E-state index contributed by atoms with van der Waals surface area (Å²) in [6, 6.07) is 6.81. The Balaban J connectivity index is 1.43. The Kier molecular flexibility index (Phi) is 7.38. The van der Waals surface area contributed by atoms with Crippen LogP contribution in [0.3, 0.4) is 0 Å². The molecule has 2 aromatic rings. The average molecular weight is 437 g/mol. The number of anilines is 2. The van der Waals surface area contributed by atoms with Crippen molar-refractivity contribution in [2.75, 3.05) is 43.4 Å². The Hall–Kier alpha value is -2.26. The molecule has 8 nitrogen and oxygen atoms in total. The van der Waals surface area contributed by atoms with E-state index in [1.165, 1.54) is 12.4 Å². The van der Waals surface area contributed by atoms with Crippen LogP contribution >= 0.6 is 23.2 Å². The zero-order valence-corrected chi connectivity index (χ0v) is 17.5. The summed E-state index contributed by atoms with van der Waals surface area (Å²) in [6.07, 6.45) is 2.98. The molecule has 1 aliphatic heterocycles. The lowest BCUT2D eigenvalue weighted by Gasteiger charge is -2.39. The van der Waals surface area contributed by atoms with E-state index in [0.717, 1.165) is 0 Å². The summed E-state index contributed by atoms with van der Waals surface area (Å²) < 4.78 is 0. The van der Waals surface area contributed by atoms with Crippen LogP contribution in [-0.4, -0.2) is 70.3 Å². The summed E-state index contributed by atoms with van der Waals surface area (Å²) in [5.41, 5.74) is 0. The molecule has 1 saturated heterocycles. The number of carbonyl (C=O) groups excluding carboxylic acids is 2. The predicted octanol–water partition coefficient (Wildman–Crippen LogP) is 2.37. The Morgan fingerprint density at radius 2 is 1.52 bits per heavy atom. The first-order valence-electron chi connectivity index (χ1n) is 9.18. The van der Waals surface area contributed by atoms with E-state index in [1.807, 2.05) is 6.92 Å². The number of carbonyl (C=O) groups is 2. The molecular formula is C19H22Cl2N6O2. The van der Waals surface area contributed by atoms with Crippen molar-refractivity contribution in [3.8, 4) is 0 Å². The van der Waals surface area contributed by atoms with Crippen LogP contribution in [0.15, 0.2) is 36.7 Å². The molecule has 1 atom stereocenters. The van der Waals surface area contributed by atoms with Crippen LogP contribution < -0.4 is 10.6 Å². The van der Waals surface area contributed by atoms with Gasteiger partial charge < -0.3 is 10.6 Å². The molecule has 0 spiro atoms. The van der Waals surface area contributed by atoms with Crippen LogP contribution in [-0.2, 0) is 9.59 Å². The van der Waals surface area contributed by atoms with E-state index in [0.29, 0.717) is 41.3 Å². The van der Waals surface area contributed by atoms with E-state index in [2.05, 4.69) is 30.4 Å². The van der Waals surface area contributed by atoms with Crippen molar-refractivity contribution < 1.29 is 9.59 Å². The summed E-state index contributed by atoms with van der Waals surface area (Å²) in [6.45, 7) is 4.64. The van der Waals surface area contributed by atoms with Gasteiger partial charge in [-0.05, 0) is 31.2 Å². The highest BCUT2D eigenvalue weighted by molar-refractivity contribution is 6.30. The molecule has 2 aromatic heterocycles. The largest absolute Gasteiger partial charge is 0.310 e. The summed E-state index contributed by atoms with van der Waals surface area (Å²) in [5, 5.41) is 6.56. The molecule has 1 aliphatic rings. The molecule has 29 heavy (non-hydrogen) atoms. The van der Waals surface area contributed by atoms with E-state index in [9.17, 15) is 9.59 Å². The summed E-state index contributed by atoms with van der Waals surface area (Å²) in [7, 11) is 0. The summed E-state index contributed by atoms with van der Waals surface area (Å²) >= 11 is 11.6. The van der Waals surface area contributed by atoms with Crippen LogP contribution in [0.5, 0.6) is 0 Å². The first kappa shape index (κ1) is 21.4. The van der Waals surface area contributed by atoms with Gasteiger partial charge in [0, 0.05) is 38.1 Å². The van der Waals surface area contributed by atoms with Gasteiger partial charge in [-0.3, -0.25) is 19.4 Å². The van der Waals surface area contributed by atoms with Crippen LogP contribution in [0.25, 0.3) is 0 Å². The van der Waals surface area contributed by atoms with Crippen molar-refractivity contribution in [1.82, 2.24) is 19.8 Å². The fraction of sp³-hybridized carbons (Fsp3) is 0.368. The smallest absolute Gasteiger partial charge is 0.239 e. The van der Waals surface area contributed by atoms with Gasteiger partial charge in [-0.15, -0.1) is 0 Å². The quantitative estimate of drug-likeness (QED) is 0.721. The Bertz CT molecular complexity index is 847. The zero-order chi connectivity index (χ0) is 20.8.